The quantitative estimate of drug-likeness (QED) is 0.840. The number of aryl methyl sites for hydroxylation is 2. The van der Waals surface area contributed by atoms with Crippen molar-refractivity contribution in [2.24, 2.45) is 7.05 Å². The van der Waals surface area contributed by atoms with E-state index in [0.717, 1.165) is 24.5 Å². The van der Waals surface area contributed by atoms with Crippen LogP contribution in [0, 0.1) is 18.3 Å². The number of nitriles is 1. The standard InChI is InChI=1S/C15H18N4/c1-12-8-13(9-16)4-5-14(12)10-18(2)11-15-17-6-7-19(15)3/h4-8H,10-11H2,1-3H3. The van der Waals surface area contributed by atoms with Crippen LogP contribution in [0.3, 0.4) is 0 Å². The highest BCUT2D eigenvalue weighted by Crippen LogP contribution is 2.13. The Morgan fingerprint density at radius 3 is 2.74 bits per heavy atom. The van der Waals surface area contributed by atoms with Crippen LogP contribution in [0.1, 0.15) is 22.5 Å². The molecule has 0 fully saturated rings. The summed E-state index contributed by atoms with van der Waals surface area (Å²) in [5.41, 5.74) is 3.12. The molecule has 1 aromatic heterocycles. The predicted octanol–water partition coefficient (Wildman–Crippen LogP) is 2.23. The summed E-state index contributed by atoms with van der Waals surface area (Å²) in [6, 6.07) is 8.00. The first-order valence-corrected chi connectivity index (χ1v) is 6.24. The molecule has 0 spiro atoms. The van der Waals surface area contributed by atoms with Gasteiger partial charge in [0.05, 0.1) is 18.2 Å². The van der Waals surface area contributed by atoms with Crippen LogP contribution >= 0.6 is 0 Å². The third-order valence-corrected chi connectivity index (χ3v) is 3.24. The molecule has 0 saturated heterocycles. The summed E-state index contributed by atoms with van der Waals surface area (Å²) < 4.78 is 2.03. The SMILES string of the molecule is Cc1cc(C#N)ccc1CN(C)Cc1nccn1C. The first-order valence-electron chi connectivity index (χ1n) is 6.24. The summed E-state index contributed by atoms with van der Waals surface area (Å²) in [5, 5.41) is 8.87. The van der Waals surface area contributed by atoms with Crippen molar-refractivity contribution in [1.29, 1.82) is 5.26 Å². The maximum Gasteiger partial charge on any atom is 0.122 e. The van der Waals surface area contributed by atoms with E-state index in [1.165, 1.54) is 5.56 Å². The second kappa shape index (κ2) is 5.68. The van der Waals surface area contributed by atoms with Gasteiger partial charge in [0.2, 0.25) is 0 Å². The van der Waals surface area contributed by atoms with Crippen molar-refractivity contribution >= 4 is 0 Å². The van der Waals surface area contributed by atoms with Gasteiger partial charge in [-0.25, -0.2) is 4.98 Å². The van der Waals surface area contributed by atoms with E-state index in [9.17, 15) is 0 Å². The Bertz CT molecular complexity index is 607. The van der Waals surface area contributed by atoms with Gasteiger partial charge in [-0.15, -0.1) is 0 Å². The Balaban J connectivity index is 2.05. The van der Waals surface area contributed by atoms with Gasteiger partial charge in [0.1, 0.15) is 5.82 Å². The largest absolute Gasteiger partial charge is 0.337 e. The topological polar surface area (TPSA) is 44.9 Å². The van der Waals surface area contributed by atoms with E-state index in [1.54, 1.807) is 0 Å². The molecule has 1 aromatic carbocycles. The fraction of sp³-hybridized carbons (Fsp3) is 0.333. The fourth-order valence-corrected chi connectivity index (χ4v) is 2.08. The fourth-order valence-electron chi connectivity index (χ4n) is 2.08. The molecular formula is C15H18N4. The maximum absolute atomic E-state index is 8.87. The number of nitrogens with zero attached hydrogens (tertiary/aromatic N) is 4. The minimum Gasteiger partial charge on any atom is -0.337 e. The lowest BCUT2D eigenvalue weighted by Crippen LogP contribution is -2.20. The Hall–Kier alpha value is -2.12. The van der Waals surface area contributed by atoms with Gasteiger partial charge in [0.25, 0.3) is 0 Å². The van der Waals surface area contributed by atoms with Gasteiger partial charge in [-0.3, -0.25) is 4.90 Å². The van der Waals surface area contributed by atoms with E-state index in [0.29, 0.717) is 5.56 Å². The Morgan fingerprint density at radius 2 is 2.16 bits per heavy atom. The molecule has 2 rings (SSSR count). The molecule has 0 atom stereocenters. The molecule has 0 saturated carbocycles. The zero-order chi connectivity index (χ0) is 13.8. The minimum absolute atomic E-state index is 0.716. The number of rotatable bonds is 4. The Morgan fingerprint density at radius 1 is 1.37 bits per heavy atom. The van der Waals surface area contributed by atoms with Crippen molar-refractivity contribution in [3.8, 4) is 6.07 Å². The van der Waals surface area contributed by atoms with Crippen LogP contribution in [0.5, 0.6) is 0 Å². The molecule has 1 heterocycles. The third-order valence-electron chi connectivity index (χ3n) is 3.24. The van der Waals surface area contributed by atoms with Crippen molar-refractivity contribution in [3.05, 3.63) is 53.1 Å². The van der Waals surface area contributed by atoms with Gasteiger partial charge >= 0.3 is 0 Å². The number of hydrogen-bond acceptors (Lipinski definition) is 3. The molecule has 19 heavy (non-hydrogen) atoms. The van der Waals surface area contributed by atoms with Gasteiger partial charge in [-0.1, -0.05) is 6.07 Å². The number of hydrogen-bond donors (Lipinski definition) is 0. The van der Waals surface area contributed by atoms with Crippen LogP contribution in [0.25, 0.3) is 0 Å². The number of benzene rings is 1. The molecule has 0 radical (unpaired) electrons. The van der Waals surface area contributed by atoms with E-state index in [1.807, 2.05) is 49.1 Å². The van der Waals surface area contributed by atoms with Crippen LogP contribution in [-0.4, -0.2) is 21.5 Å². The van der Waals surface area contributed by atoms with Crippen molar-refractivity contribution in [2.75, 3.05) is 7.05 Å². The van der Waals surface area contributed by atoms with Crippen LogP contribution < -0.4 is 0 Å². The Labute approximate surface area is 113 Å². The second-order valence-electron chi connectivity index (χ2n) is 4.88. The van der Waals surface area contributed by atoms with E-state index < -0.39 is 0 Å². The molecule has 0 bridgehead atoms. The monoisotopic (exact) mass is 254 g/mol. The van der Waals surface area contributed by atoms with E-state index in [2.05, 4.69) is 23.0 Å². The molecule has 0 aliphatic carbocycles. The van der Waals surface area contributed by atoms with E-state index in [-0.39, 0.29) is 0 Å². The first kappa shape index (κ1) is 13.3. The molecule has 0 N–H and O–H groups in total. The van der Waals surface area contributed by atoms with Crippen LogP contribution in [-0.2, 0) is 20.1 Å². The second-order valence-corrected chi connectivity index (χ2v) is 4.88. The highest BCUT2D eigenvalue weighted by molar-refractivity contribution is 5.37. The van der Waals surface area contributed by atoms with Gasteiger partial charge in [0, 0.05) is 26.0 Å². The van der Waals surface area contributed by atoms with Crippen LogP contribution in [0.2, 0.25) is 0 Å². The molecule has 0 amide bonds. The molecule has 0 aliphatic rings. The van der Waals surface area contributed by atoms with Gasteiger partial charge < -0.3 is 4.57 Å². The maximum atomic E-state index is 8.87. The molecule has 2 aromatic rings. The summed E-state index contributed by atoms with van der Waals surface area (Å²) >= 11 is 0. The van der Waals surface area contributed by atoms with E-state index in [4.69, 9.17) is 5.26 Å². The van der Waals surface area contributed by atoms with Gasteiger partial charge in [-0.05, 0) is 37.2 Å². The molecule has 98 valence electrons. The molecule has 0 aliphatic heterocycles. The normalized spacial score (nSPS) is 10.7. The van der Waals surface area contributed by atoms with Crippen molar-refractivity contribution in [2.45, 2.75) is 20.0 Å². The molecular weight excluding hydrogens is 236 g/mol. The third kappa shape index (κ3) is 3.21. The molecule has 0 unspecified atom stereocenters. The van der Waals surface area contributed by atoms with Crippen molar-refractivity contribution in [3.63, 3.8) is 0 Å². The van der Waals surface area contributed by atoms with Gasteiger partial charge in [0.15, 0.2) is 0 Å². The van der Waals surface area contributed by atoms with E-state index >= 15 is 0 Å². The highest BCUT2D eigenvalue weighted by Gasteiger charge is 2.07. The lowest BCUT2D eigenvalue weighted by molar-refractivity contribution is 0.306. The summed E-state index contributed by atoms with van der Waals surface area (Å²) in [4.78, 5) is 6.54. The average molecular weight is 254 g/mol. The zero-order valence-corrected chi connectivity index (χ0v) is 11.6. The summed E-state index contributed by atoms with van der Waals surface area (Å²) in [6.07, 6.45) is 3.77. The van der Waals surface area contributed by atoms with Gasteiger partial charge in [-0.2, -0.15) is 5.26 Å². The minimum atomic E-state index is 0.716. The van der Waals surface area contributed by atoms with Crippen molar-refractivity contribution in [1.82, 2.24) is 14.5 Å². The smallest absolute Gasteiger partial charge is 0.122 e. The Kier molecular flexibility index (Phi) is 3.98. The number of aromatic nitrogens is 2. The molecule has 4 nitrogen and oxygen atoms in total. The first-order chi connectivity index (χ1) is 9.10. The lowest BCUT2D eigenvalue weighted by atomic mass is 10.1. The highest BCUT2D eigenvalue weighted by atomic mass is 15.1. The van der Waals surface area contributed by atoms with Crippen molar-refractivity contribution < 1.29 is 0 Å². The summed E-state index contributed by atoms with van der Waals surface area (Å²) in [7, 11) is 4.08. The summed E-state index contributed by atoms with van der Waals surface area (Å²) in [6.45, 7) is 3.71. The number of imidazole rings is 1. The van der Waals surface area contributed by atoms with Crippen LogP contribution in [0.4, 0.5) is 0 Å². The predicted molar refractivity (Wildman–Crippen MR) is 74.3 cm³/mol. The molecule has 4 heteroatoms. The zero-order valence-electron chi connectivity index (χ0n) is 11.6. The average Bonchev–Trinajstić information content (AvgIpc) is 2.77. The van der Waals surface area contributed by atoms with Crippen LogP contribution in [0.15, 0.2) is 30.6 Å². The summed E-state index contributed by atoms with van der Waals surface area (Å²) in [5.74, 6) is 1.05. The lowest BCUT2D eigenvalue weighted by Gasteiger charge is -2.17.